The van der Waals surface area contributed by atoms with Gasteiger partial charge in [-0.1, -0.05) is 24.4 Å². The van der Waals surface area contributed by atoms with Gasteiger partial charge >= 0.3 is 5.97 Å². The van der Waals surface area contributed by atoms with Gasteiger partial charge in [0, 0.05) is 23.6 Å². The number of halogens is 1. The molecular weight excluding hydrogens is 290 g/mol. The van der Waals surface area contributed by atoms with Gasteiger partial charge in [0.2, 0.25) is 0 Å². The van der Waals surface area contributed by atoms with E-state index in [1.54, 1.807) is 0 Å². The fourth-order valence-electron chi connectivity index (χ4n) is 3.32. The Hall–Kier alpha value is -1.26. The van der Waals surface area contributed by atoms with Crippen molar-refractivity contribution in [3.05, 3.63) is 28.3 Å². The molecule has 1 atom stereocenters. The number of fused-ring (bicyclic) bond motifs is 1. The van der Waals surface area contributed by atoms with Crippen LogP contribution in [0, 0.1) is 0 Å². The molecule has 1 unspecified atom stereocenters. The fraction of sp³-hybridized carbons (Fsp3) is 0.562. The van der Waals surface area contributed by atoms with Crippen molar-refractivity contribution >= 4 is 17.6 Å². The van der Waals surface area contributed by atoms with Crippen LogP contribution in [0.4, 0.5) is 0 Å². The second kappa shape index (κ2) is 6.24. The van der Waals surface area contributed by atoms with Crippen LogP contribution in [0.2, 0.25) is 5.02 Å². The molecule has 3 rings (SSSR count). The molecule has 0 spiro atoms. The van der Waals surface area contributed by atoms with Crippen molar-refractivity contribution in [2.45, 2.75) is 44.7 Å². The Bertz CT molecular complexity index is 547. The van der Waals surface area contributed by atoms with E-state index in [0.717, 1.165) is 55.5 Å². The van der Waals surface area contributed by atoms with Gasteiger partial charge in [0.05, 0.1) is 6.61 Å². The monoisotopic (exact) mass is 309 g/mol. The summed E-state index contributed by atoms with van der Waals surface area (Å²) in [5.74, 6) is 0.185. The predicted octanol–water partition coefficient (Wildman–Crippen LogP) is 3.10. The molecule has 2 heterocycles. The lowest BCUT2D eigenvalue weighted by molar-refractivity contribution is -0.143. The summed E-state index contributed by atoms with van der Waals surface area (Å²) in [7, 11) is 0. The maximum Gasteiger partial charge on any atom is 0.320 e. The van der Waals surface area contributed by atoms with Gasteiger partial charge in [-0.15, -0.1) is 0 Å². The molecule has 5 heteroatoms. The number of likely N-dealkylation sites (tertiary alicyclic amines) is 1. The van der Waals surface area contributed by atoms with Gasteiger partial charge in [-0.3, -0.25) is 9.69 Å². The summed E-state index contributed by atoms with van der Waals surface area (Å²) in [5.41, 5.74) is 2.15. The Kier molecular flexibility index (Phi) is 4.36. The molecule has 0 aliphatic carbocycles. The molecular formula is C16H20ClNO3. The summed E-state index contributed by atoms with van der Waals surface area (Å²) in [4.78, 5) is 13.6. The maximum atomic E-state index is 11.5. The second-order valence-electron chi connectivity index (χ2n) is 5.83. The summed E-state index contributed by atoms with van der Waals surface area (Å²) >= 11 is 6.19. The number of hydrogen-bond acceptors (Lipinski definition) is 3. The van der Waals surface area contributed by atoms with Gasteiger partial charge in [-0.25, -0.2) is 0 Å². The molecule has 0 saturated carbocycles. The highest BCUT2D eigenvalue weighted by Gasteiger charge is 2.28. The highest BCUT2D eigenvalue weighted by molar-refractivity contribution is 6.30. The van der Waals surface area contributed by atoms with Crippen LogP contribution in [-0.4, -0.2) is 35.2 Å². The summed E-state index contributed by atoms with van der Waals surface area (Å²) in [6, 6.07) is 3.46. The van der Waals surface area contributed by atoms with Crippen LogP contribution in [0.3, 0.4) is 0 Å². The normalized spacial score (nSPS) is 22.4. The number of hydrogen-bond donors (Lipinski definition) is 1. The lowest BCUT2D eigenvalue weighted by Crippen LogP contribution is -2.40. The first-order chi connectivity index (χ1) is 10.1. The Morgan fingerprint density at radius 3 is 3.05 bits per heavy atom. The summed E-state index contributed by atoms with van der Waals surface area (Å²) in [5, 5.41) is 10.2. The molecule has 4 nitrogen and oxygen atoms in total. The van der Waals surface area contributed by atoms with Crippen LogP contribution in [0.5, 0.6) is 5.75 Å². The number of benzene rings is 1. The molecule has 21 heavy (non-hydrogen) atoms. The minimum atomic E-state index is -0.725. The zero-order valence-electron chi connectivity index (χ0n) is 12.0. The number of rotatable bonds is 3. The highest BCUT2D eigenvalue weighted by Crippen LogP contribution is 2.34. The van der Waals surface area contributed by atoms with Crippen LogP contribution >= 0.6 is 11.6 Å². The zero-order chi connectivity index (χ0) is 14.8. The topological polar surface area (TPSA) is 49.8 Å². The molecule has 0 amide bonds. The van der Waals surface area contributed by atoms with Crippen molar-refractivity contribution in [2.75, 3.05) is 13.2 Å². The van der Waals surface area contributed by atoms with Gasteiger partial charge in [-0.2, -0.15) is 0 Å². The van der Waals surface area contributed by atoms with Gasteiger partial charge in [-0.05, 0) is 37.1 Å². The molecule has 1 aromatic carbocycles. The van der Waals surface area contributed by atoms with Crippen molar-refractivity contribution in [1.82, 2.24) is 4.90 Å². The summed E-state index contributed by atoms with van der Waals surface area (Å²) in [6.45, 7) is 2.10. The third kappa shape index (κ3) is 3.16. The largest absolute Gasteiger partial charge is 0.493 e. The van der Waals surface area contributed by atoms with E-state index in [1.807, 2.05) is 12.1 Å². The van der Waals surface area contributed by atoms with Gasteiger partial charge in [0.25, 0.3) is 0 Å². The van der Waals surface area contributed by atoms with E-state index in [9.17, 15) is 9.90 Å². The van der Waals surface area contributed by atoms with E-state index in [0.29, 0.717) is 18.2 Å². The lowest BCUT2D eigenvalue weighted by Gasteiger charge is -2.27. The number of ether oxygens (including phenoxy) is 1. The van der Waals surface area contributed by atoms with E-state index in [1.165, 1.54) is 0 Å². The molecule has 1 fully saturated rings. The van der Waals surface area contributed by atoms with Crippen LogP contribution in [0.15, 0.2) is 12.1 Å². The first kappa shape index (κ1) is 14.7. The lowest BCUT2D eigenvalue weighted by atomic mass is 10.1. The predicted molar refractivity (Wildman–Crippen MR) is 81.0 cm³/mol. The third-order valence-electron chi connectivity index (χ3n) is 4.35. The summed E-state index contributed by atoms with van der Waals surface area (Å²) < 4.78 is 5.72. The Labute approximate surface area is 129 Å². The SMILES string of the molecule is O=C(O)C1CCCCCN1Cc1cc(Cl)cc2c1OCC2. The van der Waals surface area contributed by atoms with E-state index < -0.39 is 12.0 Å². The fourth-order valence-corrected chi connectivity index (χ4v) is 3.58. The number of aliphatic carboxylic acids is 1. The minimum absolute atomic E-state index is 0.400. The minimum Gasteiger partial charge on any atom is -0.493 e. The molecule has 0 radical (unpaired) electrons. The number of nitrogens with zero attached hydrogens (tertiary/aromatic N) is 1. The van der Waals surface area contributed by atoms with E-state index in [4.69, 9.17) is 16.3 Å². The van der Waals surface area contributed by atoms with Gasteiger partial charge in [0.1, 0.15) is 11.8 Å². The molecule has 114 valence electrons. The standard InChI is InChI=1S/C16H20ClNO3/c17-13-8-11-5-7-21-15(11)12(9-13)10-18-6-3-1-2-4-14(18)16(19)20/h8-9,14H,1-7,10H2,(H,19,20). The second-order valence-corrected chi connectivity index (χ2v) is 6.26. The van der Waals surface area contributed by atoms with Crippen LogP contribution < -0.4 is 4.74 Å². The van der Waals surface area contributed by atoms with Gasteiger partial charge < -0.3 is 9.84 Å². The molecule has 1 N–H and O–H groups in total. The summed E-state index contributed by atoms with van der Waals surface area (Å²) in [6.07, 6.45) is 4.74. The van der Waals surface area contributed by atoms with Crippen molar-refractivity contribution in [3.63, 3.8) is 0 Å². The highest BCUT2D eigenvalue weighted by atomic mass is 35.5. The smallest absolute Gasteiger partial charge is 0.320 e. The Morgan fingerprint density at radius 2 is 2.24 bits per heavy atom. The van der Waals surface area contributed by atoms with Crippen molar-refractivity contribution in [3.8, 4) is 5.75 Å². The van der Waals surface area contributed by atoms with Crippen LogP contribution in [0.25, 0.3) is 0 Å². The molecule has 2 aliphatic rings. The van der Waals surface area contributed by atoms with Crippen LogP contribution in [0.1, 0.15) is 36.8 Å². The average molecular weight is 310 g/mol. The molecule has 0 bridgehead atoms. The molecule has 1 aromatic rings. The van der Waals surface area contributed by atoms with Crippen molar-refractivity contribution in [1.29, 1.82) is 0 Å². The van der Waals surface area contributed by atoms with Gasteiger partial charge in [0.15, 0.2) is 0 Å². The number of carboxylic acids is 1. The zero-order valence-corrected chi connectivity index (χ0v) is 12.7. The maximum absolute atomic E-state index is 11.5. The number of carboxylic acid groups (broad SMARTS) is 1. The number of carbonyl (C=O) groups is 1. The molecule has 0 aromatic heterocycles. The molecule has 2 aliphatic heterocycles. The molecule has 1 saturated heterocycles. The van der Waals surface area contributed by atoms with Crippen LogP contribution in [-0.2, 0) is 17.8 Å². The Balaban J connectivity index is 1.86. The first-order valence-electron chi connectivity index (χ1n) is 7.56. The Morgan fingerprint density at radius 1 is 1.38 bits per heavy atom. The quantitative estimate of drug-likeness (QED) is 0.932. The third-order valence-corrected chi connectivity index (χ3v) is 4.57. The van der Waals surface area contributed by atoms with E-state index in [2.05, 4.69) is 4.90 Å². The first-order valence-corrected chi connectivity index (χ1v) is 7.94. The van der Waals surface area contributed by atoms with Crippen molar-refractivity contribution in [2.24, 2.45) is 0 Å². The van der Waals surface area contributed by atoms with Crippen molar-refractivity contribution < 1.29 is 14.6 Å². The average Bonchev–Trinajstić information content (AvgIpc) is 2.77. The van der Waals surface area contributed by atoms with E-state index in [-0.39, 0.29) is 0 Å². The van der Waals surface area contributed by atoms with E-state index >= 15 is 0 Å².